The van der Waals surface area contributed by atoms with Crippen molar-refractivity contribution in [3.63, 3.8) is 0 Å². The Hall–Kier alpha value is -3.79. The molecule has 160 valence electrons. The maximum Gasteiger partial charge on any atom is 0.273 e. The summed E-state index contributed by atoms with van der Waals surface area (Å²) in [6.07, 6.45) is 0.935. The van der Waals surface area contributed by atoms with E-state index in [0.29, 0.717) is 11.4 Å². The summed E-state index contributed by atoms with van der Waals surface area (Å²) >= 11 is 0. The fourth-order valence-electron chi connectivity index (χ4n) is 3.44. The van der Waals surface area contributed by atoms with E-state index >= 15 is 0 Å². The van der Waals surface area contributed by atoms with Crippen molar-refractivity contribution in [1.82, 2.24) is 20.1 Å². The second kappa shape index (κ2) is 8.52. The second-order valence-corrected chi connectivity index (χ2v) is 7.24. The molecule has 0 saturated heterocycles. The molecule has 4 N–H and O–H groups in total. The molecule has 9 nitrogen and oxygen atoms in total. The van der Waals surface area contributed by atoms with Crippen LogP contribution >= 0.6 is 0 Å². The van der Waals surface area contributed by atoms with Crippen molar-refractivity contribution in [2.24, 2.45) is 5.73 Å². The van der Waals surface area contributed by atoms with Crippen LogP contribution in [-0.4, -0.2) is 46.7 Å². The van der Waals surface area contributed by atoms with Crippen LogP contribution < -0.4 is 21.1 Å². The smallest absolute Gasteiger partial charge is 0.273 e. The number of halogens is 1. The first-order valence-electron chi connectivity index (χ1n) is 9.66. The van der Waals surface area contributed by atoms with Crippen molar-refractivity contribution in [2.75, 3.05) is 31.3 Å². The molecule has 1 aromatic heterocycles. The van der Waals surface area contributed by atoms with Gasteiger partial charge in [0, 0.05) is 13.1 Å². The number of aromatic nitrogens is 3. The van der Waals surface area contributed by atoms with Crippen LogP contribution in [0.15, 0.2) is 36.4 Å². The summed E-state index contributed by atoms with van der Waals surface area (Å²) in [6, 6.07) is 9.99. The molecule has 4 rings (SSSR count). The summed E-state index contributed by atoms with van der Waals surface area (Å²) in [5, 5.41) is 13.7. The van der Waals surface area contributed by atoms with Crippen molar-refractivity contribution >= 4 is 29.0 Å². The molecule has 0 radical (unpaired) electrons. The number of nitrogens with zero attached hydrogens (tertiary/aromatic N) is 4. The van der Waals surface area contributed by atoms with Crippen molar-refractivity contribution in [2.45, 2.75) is 13.0 Å². The van der Waals surface area contributed by atoms with Gasteiger partial charge < -0.3 is 26.0 Å². The van der Waals surface area contributed by atoms with E-state index in [1.165, 1.54) is 23.3 Å². The number of hydrogen-bond acceptors (Lipinski definition) is 8. The highest BCUT2D eigenvalue weighted by atomic mass is 19.1. The Morgan fingerprint density at radius 1 is 1.16 bits per heavy atom. The lowest BCUT2D eigenvalue weighted by Crippen LogP contribution is -2.26. The number of nitrogens with one attached hydrogen (secondary N) is 2. The number of carbonyl (C=O) groups excluding carboxylic acids is 1. The SMILES string of the molecule is COc1cc2c(cc1Nc1nnc(C(N)=O)c(Nc3ccccc3F)n1)CN(C)CC2. The van der Waals surface area contributed by atoms with Gasteiger partial charge in [0.1, 0.15) is 11.6 Å². The van der Waals surface area contributed by atoms with Gasteiger partial charge in [0.2, 0.25) is 5.95 Å². The van der Waals surface area contributed by atoms with Crippen molar-refractivity contribution in [3.05, 3.63) is 59.0 Å². The van der Waals surface area contributed by atoms with Crippen LogP contribution in [0.4, 0.5) is 27.5 Å². The van der Waals surface area contributed by atoms with Crippen LogP contribution in [0.1, 0.15) is 21.6 Å². The van der Waals surface area contributed by atoms with Crippen LogP contribution in [0, 0.1) is 5.82 Å². The summed E-state index contributed by atoms with van der Waals surface area (Å²) in [5.74, 6) is -0.612. The number of nitrogens with two attached hydrogens (primary N) is 1. The molecule has 0 atom stereocenters. The summed E-state index contributed by atoms with van der Waals surface area (Å²) < 4.78 is 19.6. The van der Waals surface area contributed by atoms with Gasteiger partial charge in [-0.1, -0.05) is 12.1 Å². The first kappa shape index (κ1) is 20.5. The molecule has 2 aromatic carbocycles. The molecule has 0 saturated carbocycles. The van der Waals surface area contributed by atoms with Crippen LogP contribution in [0.5, 0.6) is 5.75 Å². The predicted molar refractivity (Wildman–Crippen MR) is 114 cm³/mol. The average molecular weight is 423 g/mol. The molecule has 0 bridgehead atoms. The van der Waals surface area contributed by atoms with Gasteiger partial charge in [-0.3, -0.25) is 4.79 Å². The minimum absolute atomic E-state index is 0.00763. The van der Waals surface area contributed by atoms with Crippen molar-refractivity contribution < 1.29 is 13.9 Å². The maximum atomic E-state index is 14.1. The van der Waals surface area contributed by atoms with E-state index in [1.54, 1.807) is 19.2 Å². The van der Waals surface area contributed by atoms with E-state index in [-0.39, 0.29) is 23.1 Å². The lowest BCUT2D eigenvalue weighted by atomic mass is 9.99. The molecule has 2 heterocycles. The molecule has 10 heteroatoms. The van der Waals surface area contributed by atoms with Crippen LogP contribution in [0.2, 0.25) is 0 Å². The van der Waals surface area contributed by atoms with Gasteiger partial charge >= 0.3 is 0 Å². The molecule has 1 amide bonds. The van der Waals surface area contributed by atoms with Crippen LogP contribution in [-0.2, 0) is 13.0 Å². The Balaban J connectivity index is 1.68. The Morgan fingerprint density at radius 3 is 2.71 bits per heavy atom. The van der Waals surface area contributed by atoms with E-state index in [1.807, 2.05) is 12.1 Å². The quantitative estimate of drug-likeness (QED) is 0.554. The lowest BCUT2D eigenvalue weighted by Gasteiger charge is -2.26. The third-order valence-corrected chi connectivity index (χ3v) is 5.02. The normalized spacial score (nSPS) is 13.4. The molecule has 1 aliphatic rings. The number of anilines is 4. The van der Waals surface area contributed by atoms with Crippen LogP contribution in [0.25, 0.3) is 0 Å². The number of hydrogen-bond donors (Lipinski definition) is 3. The molecule has 3 aromatic rings. The minimum atomic E-state index is -0.834. The molecular weight excluding hydrogens is 401 g/mol. The lowest BCUT2D eigenvalue weighted by molar-refractivity contribution is 0.0995. The zero-order chi connectivity index (χ0) is 22.0. The highest BCUT2D eigenvalue weighted by Crippen LogP contribution is 2.33. The highest BCUT2D eigenvalue weighted by Gasteiger charge is 2.19. The van der Waals surface area contributed by atoms with Gasteiger partial charge in [0.05, 0.1) is 18.5 Å². The number of amides is 1. The zero-order valence-corrected chi connectivity index (χ0v) is 17.1. The number of ether oxygens (including phenoxy) is 1. The Labute approximate surface area is 178 Å². The highest BCUT2D eigenvalue weighted by molar-refractivity contribution is 5.96. The molecule has 0 fully saturated rings. The summed E-state index contributed by atoms with van der Waals surface area (Å²) in [6.45, 7) is 1.80. The third-order valence-electron chi connectivity index (χ3n) is 5.02. The van der Waals surface area contributed by atoms with Gasteiger partial charge in [0.15, 0.2) is 11.5 Å². The van der Waals surface area contributed by atoms with Gasteiger partial charge in [-0.25, -0.2) is 4.39 Å². The van der Waals surface area contributed by atoms with Gasteiger partial charge in [-0.15, -0.1) is 10.2 Å². The van der Waals surface area contributed by atoms with E-state index in [0.717, 1.165) is 19.5 Å². The fourth-order valence-corrected chi connectivity index (χ4v) is 3.44. The van der Waals surface area contributed by atoms with E-state index in [4.69, 9.17) is 10.5 Å². The Morgan fingerprint density at radius 2 is 1.97 bits per heavy atom. The number of carbonyl (C=O) groups is 1. The summed E-state index contributed by atoms with van der Waals surface area (Å²) in [5.41, 5.74) is 8.36. The average Bonchev–Trinajstić information content (AvgIpc) is 2.75. The topological polar surface area (TPSA) is 118 Å². The minimum Gasteiger partial charge on any atom is -0.495 e. The second-order valence-electron chi connectivity index (χ2n) is 7.24. The molecular formula is C21H22FN7O2. The number of methoxy groups -OCH3 is 1. The first-order valence-corrected chi connectivity index (χ1v) is 9.66. The van der Waals surface area contributed by atoms with Gasteiger partial charge in [-0.05, 0) is 48.9 Å². The molecule has 0 aliphatic carbocycles. The molecule has 0 spiro atoms. The third kappa shape index (κ3) is 4.38. The number of para-hydroxylation sites is 1. The fraction of sp³-hybridized carbons (Fsp3) is 0.238. The van der Waals surface area contributed by atoms with E-state index in [2.05, 4.69) is 37.8 Å². The molecule has 31 heavy (non-hydrogen) atoms. The summed E-state index contributed by atoms with van der Waals surface area (Å²) in [4.78, 5) is 18.3. The van der Waals surface area contributed by atoms with Crippen molar-refractivity contribution in [1.29, 1.82) is 0 Å². The first-order chi connectivity index (χ1) is 14.9. The van der Waals surface area contributed by atoms with Gasteiger partial charge in [-0.2, -0.15) is 4.98 Å². The standard InChI is InChI=1S/C21H22FN7O2/c1-29-8-7-12-10-17(31-2)16(9-13(12)11-29)25-21-26-20(18(19(23)30)27-28-21)24-15-6-4-3-5-14(15)22/h3-6,9-10H,7-8,11H2,1-2H3,(H2,23,30)(H2,24,25,26,28). The van der Waals surface area contributed by atoms with E-state index < -0.39 is 11.7 Å². The number of benzene rings is 2. The maximum absolute atomic E-state index is 14.1. The number of rotatable bonds is 6. The molecule has 1 aliphatic heterocycles. The molecule has 0 unspecified atom stereocenters. The van der Waals surface area contributed by atoms with E-state index in [9.17, 15) is 9.18 Å². The Bertz CT molecular complexity index is 1140. The number of fused-ring (bicyclic) bond motifs is 1. The predicted octanol–water partition coefficient (Wildman–Crippen LogP) is 2.59. The summed E-state index contributed by atoms with van der Waals surface area (Å²) in [7, 11) is 3.65. The van der Waals surface area contributed by atoms with Crippen LogP contribution in [0.3, 0.4) is 0 Å². The van der Waals surface area contributed by atoms with Gasteiger partial charge in [0.25, 0.3) is 5.91 Å². The van der Waals surface area contributed by atoms with Crippen molar-refractivity contribution in [3.8, 4) is 5.75 Å². The monoisotopic (exact) mass is 423 g/mol. The zero-order valence-electron chi connectivity index (χ0n) is 17.1. The largest absolute Gasteiger partial charge is 0.495 e. The Kier molecular flexibility index (Phi) is 5.63. The number of likely N-dealkylation sites (N-methyl/N-ethyl adjacent to an activating group) is 1. The number of primary amides is 1.